The normalized spacial score (nSPS) is 21.2. The Bertz CT molecular complexity index is 776. The second kappa shape index (κ2) is 4.51. The lowest BCUT2D eigenvalue weighted by Crippen LogP contribution is -2.43. The molecule has 1 amide bonds. The Hall–Kier alpha value is -2.59. The molecule has 1 aromatic carbocycles. The van der Waals surface area contributed by atoms with Crippen molar-refractivity contribution >= 4 is 16.9 Å². The summed E-state index contributed by atoms with van der Waals surface area (Å²) in [5.74, 6) is 4.76. The fourth-order valence-corrected chi connectivity index (χ4v) is 2.69. The highest BCUT2D eigenvalue weighted by Crippen LogP contribution is 2.38. The van der Waals surface area contributed by atoms with E-state index in [0.717, 1.165) is 5.52 Å². The molecule has 2 aromatic rings. The summed E-state index contributed by atoms with van der Waals surface area (Å²) < 4.78 is 1.65. The third kappa shape index (κ3) is 1.78. The minimum atomic E-state index is -0.216. The van der Waals surface area contributed by atoms with Crippen molar-refractivity contribution < 1.29 is 4.79 Å². The summed E-state index contributed by atoms with van der Waals surface area (Å²) in [7, 11) is 0. The van der Waals surface area contributed by atoms with Crippen LogP contribution in [0.2, 0.25) is 0 Å². The van der Waals surface area contributed by atoms with Crippen LogP contribution in [0.4, 0.5) is 0 Å². The lowest BCUT2D eigenvalue weighted by atomic mass is 9.79. The maximum Gasteiger partial charge on any atom is 0.326 e. The zero-order chi connectivity index (χ0) is 14.3. The summed E-state index contributed by atoms with van der Waals surface area (Å²) in [6, 6.07) is 7.10. The van der Waals surface area contributed by atoms with Gasteiger partial charge in [-0.25, -0.2) is 10.6 Å². The number of hydrazine groups is 1. The first kappa shape index (κ1) is 12.4. The minimum absolute atomic E-state index is 0.00788. The summed E-state index contributed by atoms with van der Waals surface area (Å²) in [6.07, 6.45) is 1.19. The van der Waals surface area contributed by atoms with E-state index in [1.165, 1.54) is 0 Å². The number of carbonyl (C=O) groups excluding carboxylic acids is 1. The summed E-state index contributed by atoms with van der Waals surface area (Å²) >= 11 is 0. The zero-order valence-electron chi connectivity index (χ0n) is 10.6. The highest BCUT2D eigenvalue weighted by molar-refractivity contribution is 5.80. The molecule has 0 bridgehead atoms. The van der Waals surface area contributed by atoms with Crippen molar-refractivity contribution in [3.8, 4) is 6.07 Å². The van der Waals surface area contributed by atoms with Gasteiger partial charge in [-0.15, -0.1) is 0 Å². The third-order valence-corrected chi connectivity index (χ3v) is 3.84. The fraction of sp³-hybridized carbons (Fsp3) is 0.308. The van der Waals surface area contributed by atoms with Crippen molar-refractivity contribution in [1.82, 2.24) is 15.0 Å². The molecule has 1 heterocycles. The first-order valence-electron chi connectivity index (χ1n) is 6.29. The van der Waals surface area contributed by atoms with E-state index in [9.17, 15) is 9.59 Å². The van der Waals surface area contributed by atoms with Crippen LogP contribution in [0.1, 0.15) is 24.4 Å². The molecule has 1 fully saturated rings. The summed E-state index contributed by atoms with van der Waals surface area (Å²) in [5.41, 5.74) is 3.81. The van der Waals surface area contributed by atoms with Crippen molar-refractivity contribution in [3.05, 3.63) is 34.2 Å². The molecule has 0 spiro atoms. The van der Waals surface area contributed by atoms with Gasteiger partial charge in [0.05, 0.1) is 22.7 Å². The topological polar surface area (TPSA) is 117 Å². The quantitative estimate of drug-likeness (QED) is 0.409. The number of carbonyl (C=O) groups is 1. The zero-order valence-corrected chi connectivity index (χ0v) is 10.6. The third-order valence-electron chi connectivity index (χ3n) is 3.84. The number of nitriles is 1. The van der Waals surface area contributed by atoms with Gasteiger partial charge in [0.2, 0.25) is 5.91 Å². The number of hydrogen-bond donors (Lipinski definition) is 3. The van der Waals surface area contributed by atoms with Crippen LogP contribution in [0.3, 0.4) is 0 Å². The number of imidazole rings is 1. The number of H-pyrrole nitrogens is 1. The molecule has 102 valence electrons. The van der Waals surface area contributed by atoms with Crippen LogP contribution < -0.4 is 17.0 Å². The minimum Gasteiger partial charge on any atom is -0.305 e. The van der Waals surface area contributed by atoms with Crippen LogP contribution in [0.25, 0.3) is 11.0 Å². The van der Waals surface area contributed by atoms with Crippen molar-refractivity contribution in [2.45, 2.75) is 18.9 Å². The Kier molecular flexibility index (Phi) is 2.80. The van der Waals surface area contributed by atoms with E-state index in [4.69, 9.17) is 11.1 Å². The molecule has 1 aromatic heterocycles. The summed E-state index contributed by atoms with van der Waals surface area (Å²) in [5, 5.41) is 8.86. The van der Waals surface area contributed by atoms with Crippen molar-refractivity contribution in [3.63, 3.8) is 0 Å². The number of fused-ring (bicyclic) bond motifs is 1. The monoisotopic (exact) mass is 271 g/mol. The molecule has 3 rings (SSSR count). The summed E-state index contributed by atoms with van der Waals surface area (Å²) in [4.78, 5) is 26.1. The van der Waals surface area contributed by atoms with Gasteiger partial charge in [-0.05, 0) is 31.0 Å². The van der Waals surface area contributed by atoms with Crippen molar-refractivity contribution in [2.24, 2.45) is 11.8 Å². The second-order valence-corrected chi connectivity index (χ2v) is 4.97. The van der Waals surface area contributed by atoms with Gasteiger partial charge in [-0.1, -0.05) is 0 Å². The van der Waals surface area contributed by atoms with Gasteiger partial charge in [-0.3, -0.25) is 14.8 Å². The molecule has 7 nitrogen and oxygen atoms in total. The molecule has 4 N–H and O–H groups in total. The number of hydrogen-bond acceptors (Lipinski definition) is 4. The largest absolute Gasteiger partial charge is 0.326 e. The van der Waals surface area contributed by atoms with E-state index in [-0.39, 0.29) is 23.6 Å². The van der Waals surface area contributed by atoms with E-state index in [1.807, 2.05) is 6.07 Å². The fourth-order valence-electron chi connectivity index (χ4n) is 2.69. The molecule has 0 radical (unpaired) electrons. The van der Waals surface area contributed by atoms with Gasteiger partial charge >= 0.3 is 5.69 Å². The van der Waals surface area contributed by atoms with E-state index in [0.29, 0.717) is 23.9 Å². The van der Waals surface area contributed by atoms with Gasteiger partial charge in [0.15, 0.2) is 0 Å². The number of nitrogens with two attached hydrogens (primary N) is 1. The Balaban J connectivity index is 1.94. The molecular formula is C13H13N5O2. The standard InChI is InChI=1S/C13H13N5O2/c14-6-7-1-2-11-10(3-7)16-13(20)18(11)9-4-8(5-9)12(19)17-15/h1-3,8-9H,4-5,15H2,(H,16,20)(H,17,19)/t8-,9-. The Labute approximate surface area is 114 Å². The highest BCUT2D eigenvalue weighted by atomic mass is 16.2. The lowest BCUT2D eigenvalue weighted by molar-refractivity contribution is -0.128. The number of amides is 1. The van der Waals surface area contributed by atoms with E-state index in [1.54, 1.807) is 22.8 Å². The number of aromatic amines is 1. The van der Waals surface area contributed by atoms with Crippen LogP contribution in [-0.2, 0) is 4.79 Å². The molecule has 0 atom stereocenters. The van der Waals surface area contributed by atoms with Crippen molar-refractivity contribution in [2.75, 3.05) is 0 Å². The smallest absolute Gasteiger partial charge is 0.305 e. The first-order valence-corrected chi connectivity index (χ1v) is 6.29. The Morgan fingerprint density at radius 2 is 2.25 bits per heavy atom. The molecule has 1 aliphatic rings. The van der Waals surface area contributed by atoms with Gasteiger partial charge < -0.3 is 4.98 Å². The summed E-state index contributed by atoms with van der Waals surface area (Å²) in [6.45, 7) is 0. The number of nitrogens with one attached hydrogen (secondary N) is 2. The predicted molar refractivity (Wildman–Crippen MR) is 71.4 cm³/mol. The molecule has 0 unspecified atom stereocenters. The van der Waals surface area contributed by atoms with Crippen LogP contribution in [-0.4, -0.2) is 15.5 Å². The lowest BCUT2D eigenvalue weighted by Gasteiger charge is -2.34. The number of aromatic nitrogens is 2. The SMILES string of the molecule is N#Cc1ccc2c(c1)[nH]c(=O)n2[C@H]1C[C@H](C(=O)NN)C1. The van der Waals surface area contributed by atoms with Gasteiger partial charge in [0, 0.05) is 12.0 Å². The molecule has 1 saturated carbocycles. The average Bonchev–Trinajstić information content (AvgIpc) is 2.72. The van der Waals surface area contributed by atoms with Gasteiger partial charge in [0.25, 0.3) is 0 Å². The number of benzene rings is 1. The average molecular weight is 271 g/mol. The highest BCUT2D eigenvalue weighted by Gasteiger charge is 2.36. The van der Waals surface area contributed by atoms with E-state index >= 15 is 0 Å². The molecular weight excluding hydrogens is 258 g/mol. The van der Waals surface area contributed by atoms with Crippen LogP contribution in [0.5, 0.6) is 0 Å². The van der Waals surface area contributed by atoms with Gasteiger partial charge in [-0.2, -0.15) is 5.26 Å². The predicted octanol–water partition coefficient (Wildman–Crippen LogP) is 0.142. The number of rotatable bonds is 2. The van der Waals surface area contributed by atoms with Crippen LogP contribution in [0, 0.1) is 17.2 Å². The number of nitrogens with zero attached hydrogens (tertiary/aromatic N) is 2. The molecule has 0 saturated heterocycles. The van der Waals surface area contributed by atoms with Crippen molar-refractivity contribution in [1.29, 1.82) is 5.26 Å². The Morgan fingerprint density at radius 1 is 1.50 bits per heavy atom. The maximum absolute atomic E-state index is 12.0. The second-order valence-electron chi connectivity index (χ2n) is 4.97. The molecule has 0 aliphatic heterocycles. The Morgan fingerprint density at radius 3 is 2.90 bits per heavy atom. The molecule has 1 aliphatic carbocycles. The van der Waals surface area contributed by atoms with Crippen LogP contribution in [0.15, 0.2) is 23.0 Å². The molecule has 20 heavy (non-hydrogen) atoms. The molecule has 7 heteroatoms. The maximum atomic E-state index is 12.0. The van der Waals surface area contributed by atoms with E-state index in [2.05, 4.69) is 10.4 Å². The van der Waals surface area contributed by atoms with Crippen LogP contribution >= 0.6 is 0 Å². The first-order chi connectivity index (χ1) is 9.63. The van der Waals surface area contributed by atoms with E-state index < -0.39 is 0 Å². The van der Waals surface area contributed by atoms with Gasteiger partial charge in [0.1, 0.15) is 0 Å².